The van der Waals surface area contributed by atoms with E-state index in [1.54, 1.807) is 0 Å². The van der Waals surface area contributed by atoms with Crippen LogP contribution in [-0.2, 0) is 0 Å². The number of hydrogen-bond donors (Lipinski definition) is 0. The largest absolute Gasteiger partial charge is 0.456 e. The van der Waals surface area contributed by atoms with Gasteiger partial charge in [0.1, 0.15) is 11.2 Å². The summed E-state index contributed by atoms with van der Waals surface area (Å²) in [5.41, 5.74) is 8.62. The van der Waals surface area contributed by atoms with E-state index in [4.69, 9.17) is 9.40 Å². The van der Waals surface area contributed by atoms with E-state index in [0.717, 1.165) is 38.8 Å². The highest BCUT2D eigenvalue weighted by Gasteiger charge is 2.19. The van der Waals surface area contributed by atoms with E-state index in [-0.39, 0.29) is 0 Å². The van der Waals surface area contributed by atoms with Crippen molar-refractivity contribution in [2.24, 2.45) is 0 Å². The number of pyridine rings is 1. The number of furan rings is 1. The topological polar surface area (TPSA) is 26.0 Å². The standard InChI is InChI=1S/C49H29NO/c1-2-12-31-28-47-43(25-30(31)11-1)42-27-33(22-24-46(42)51-47)45-23-21-34(29-50-45)48-38-17-7-9-19-40(38)49(41-20-10-8-18-39(41)48)44-26-32-13-3-4-14-35(32)36-15-5-6-16-37(36)44/h1-29H. The minimum Gasteiger partial charge on any atom is -0.456 e. The molecule has 0 bridgehead atoms. The molecule has 236 valence electrons. The average molecular weight is 648 g/mol. The molecule has 2 heteroatoms. The summed E-state index contributed by atoms with van der Waals surface area (Å²) in [5.74, 6) is 0. The van der Waals surface area contributed by atoms with E-state index in [1.165, 1.54) is 70.6 Å². The number of nitrogens with zero attached hydrogens (tertiary/aromatic N) is 1. The fourth-order valence-electron chi connectivity index (χ4n) is 8.32. The van der Waals surface area contributed by atoms with Crippen LogP contribution in [0.25, 0.3) is 109 Å². The van der Waals surface area contributed by atoms with Gasteiger partial charge in [0.2, 0.25) is 0 Å². The average Bonchev–Trinajstić information content (AvgIpc) is 3.55. The number of benzene rings is 9. The molecule has 11 aromatic rings. The lowest BCUT2D eigenvalue weighted by Crippen LogP contribution is -1.93. The lowest BCUT2D eigenvalue weighted by Gasteiger charge is -2.19. The Morgan fingerprint density at radius 2 is 0.882 bits per heavy atom. The second-order valence-electron chi connectivity index (χ2n) is 13.5. The summed E-state index contributed by atoms with van der Waals surface area (Å²) in [7, 11) is 0. The third-order valence-electron chi connectivity index (χ3n) is 10.7. The highest BCUT2D eigenvalue weighted by molar-refractivity contribution is 6.25. The van der Waals surface area contributed by atoms with Gasteiger partial charge in [-0.2, -0.15) is 0 Å². The summed E-state index contributed by atoms with van der Waals surface area (Å²) in [6.07, 6.45) is 2.04. The van der Waals surface area contributed by atoms with Gasteiger partial charge in [-0.15, -0.1) is 0 Å². The molecule has 0 atom stereocenters. The minimum atomic E-state index is 0.887. The second kappa shape index (κ2) is 10.9. The Hall–Kier alpha value is -6.77. The first kappa shape index (κ1) is 28.1. The summed E-state index contributed by atoms with van der Waals surface area (Å²) in [5, 5.41) is 14.6. The first-order valence-corrected chi connectivity index (χ1v) is 17.4. The first-order valence-electron chi connectivity index (χ1n) is 17.4. The van der Waals surface area contributed by atoms with Gasteiger partial charge in [-0.05, 0) is 113 Å². The molecule has 0 N–H and O–H groups in total. The molecular weight excluding hydrogens is 619 g/mol. The molecule has 2 heterocycles. The molecule has 0 saturated carbocycles. The van der Waals surface area contributed by atoms with Crippen LogP contribution in [0, 0.1) is 0 Å². The zero-order valence-corrected chi connectivity index (χ0v) is 27.6. The van der Waals surface area contributed by atoms with E-state index in [2.05, 4.69) is 170 Å². The number of hydrogen-bond acceptors (Lipinski definition) is 2. The number of rotatable bonds is 3. The zero-order valence-electron chi connectivity index (χ0n) is 27.6. The van der Waals surface area contributed by atoms with Crippen LogP contribution < -0.4 is 0 Å². The molecule has 9 aromatic carbocycles. The molecule has 51 heavy (non-hydrogen) atoms. The normalized spacial score (nSPS) is 11.9. The van der Waals surface area contributed by atoms with Crippen molar-refractivity contribution in [2.45, 2.75) is 0 Å². The van der Waals surface area contributed by atoms with Crippen molar-refractivity contribution in [3.8, 4) is 33.5 Å². The number of aromatic nitrogens is 1. The molecule has 0 amide bonds. The third-order valence-corrected chi connectivity index (χ3v) is 10.7. The van der Waals surface area contributed by atoms with Gasteiger partial charge < -0.3 is 4.42 Å². The maximum absolute atomic E-state index is 6.28. The van der Waals surface area contributed by atoms with E-state index >= 15 is 0 Å². The van der Waals surface area contributed by atoms with Crippen molar-refractivity contribution in [2.75, 3.05) is 0 Å². The quantitative estimate of drug-likeness (QED) is 0.141. The first-order chi connectivity index (χ1) is 25.3. The van der Waals surface area contributed by atoms with E-state index in [9.17, 15) is 0 Å². The predicted octanol–water partition coefficient (Wildman–Crippen LogP) is 13.7. The Labute approximate surface area is 293 Å². The van der Waals surface area contributed by atoms with Crippen molar-refractivity contribution in [3.63, 3.8) is 0 Å². The van der Waals surface area contributed by atoms with Crippen molar-refractivity contribution in [3.05, 3.63) is 176 Å². The Bertz CT molecular complexity index is 3130. The minimum absolute atomic E-state index is 0.887. The van der Waals surface area contributed by atoms with Crippen molar-refractivity contribution < 1.29 is 4.42 Å². The van der Waals surface area contributed by atoms with Crippen LogP contribution in [0.5, 0.6) is 0 Å². The molecule has 0 aliphatic heterocycles. The SMILES string of the molecule is c1ccc2cc3c(cc2c1)oc1ccc(-c2ccc(-c4c5ccccc5c(-c5cc6ccccc6c6ccccc56)c5ccccc45)cn2)cc13. The lowest BCUT2D eigenvalue weighted by atomic mass is 9.84. The Morgan fingerprint density at radius 1 is 0.333 bits per heavy atom. The van der Waals surface area contributed by atoms with Gasteiger partial charge in [0.15, 0.2) is 0 Å². The van der Waals surface area contributed by atoms with E-state index in [0.29, 0.717) is 0 Å². The van der Waals surface area contributed by atoms with Crippen LogP contribution in [0.2, 0.25) is 0 Å². The van der Waals surface area contributed by atoms with Gasteiger partial charge in [0.05, 0.1) is 5.69 Å². The molecule has 2 nitrogen and oxygen atoms in total. The molecule has 0 aliphatic carbocycles. The molecule has 11 rings (SSSR count). The maximum atomic E-state index is 6.28. The molecule has 0 fully saturated rings. The van der Waals surface area contributed by atoms with E-state index in [1.807, 2.05) is 6.20 Å². The molecule has 0 aliphatic rings. The van der Waals surface area contributed by atoms with Gasteiger partial charge in [-0.3, -0.25) is 4.98 Å². The predicted molar refractivity (Wildman–Crippen MR) is 215 cm³/mol. The van der Waals surface area contributed by atoms with Gasteiger partial charge in [0.25, 0.3) is 0 Å². The Morgan fingerprint density at radius 3 is 1.57 bits per heavy atom. The van der Waals surface area contributed by atoms with Crippen LogP contribution in [0.15, 0.2) is 180 Å². The fourth-order valence-corrected chi connectivity index (χ4v) is 8.32. The zero-order chi connectivity index (χ0) is 33.5. The smallest absolute Gasteiger partial charge is 0.136 e. The molecule has 0 unspecified atom stereocenters. The van der Waals surface area contributed by atoms with Gasteiger partial charge in [-0.1, -0.05) is 127 Å². The van der Waals surface area contributed by atoms with Crippen LogP contribution in [0.3, 0.4) is 0 Å². The Kier molecular flexibility index (Phi) is 5.99. The molecule has 0 radical (unpaired) electrons. The van der Waals surface area contributed by atoms with E-state index < -0.39 is 0 Å². The summed E-state index contributed by atoms with van der Waals surface area (Å²) < 4.78 is 6.28. The third kappa shape index (κ3) is 4.27. The highest BCUT2D eigenvalue weighted by Crippen LogP contribution is 2.46. The van der Waals surface area contributed by atoms with Crippen LogP contribution >= 0.6 is 0 Å². The van der Waals surface area contributed by atoms with Crippen LogP contribution in [-0.4, -0.2) is 4.98 Å². The van der Waals surface area contributed by atoms with Crippen molar-refractivity contribution in [1.29, 1.82) is 0 Å². The summed E-state index contributed by atoms with van der Waals surface area (Å²) in [6, 6.07) is 61.2. The lowest BCUT2D eigenvalue weighted by molar-refractivity contribution is 0.669. The maximum Gasteiger partial charge on any atom is 0.136 e. The van der Waals surface area contributed by atoms with Crippen LogP contribution in [0.4, 0.5) is 0 Å². The van der Waals surface area contributed by atoms with Crippen LogP contribution in [0.1, 0.15) is 0 Å². The van der Waals surface area contributed by atoms with Gasteiger partial charge in [-0.25, -0.2) is 0 Å². The second-order valence-corrected chi connectivity index (χ2v) is 13.5. The fraction of sp³-hybridized carbons (Fsp3) is 0. The summed E-state index contributed by atoms with van der Waals surface area (Å²) >= 11 is 0. The summed E-state index contributed by atoms with van der Waals surface area (Å²) in [4.78, 5) is 5.09. The van der Waals surface area contributed by atoms with Crippen molar-refractivity contribution >= 4 is 75.8 Å². The van der Waals surface area contributed by atoms with Crippen molar-refractivity contribution in [1.82, 2.24) is 4.98 Å². The van der Waals surface area contributed by atoms with Gasteiger partial charge in [0, 0.05) is 28.1 Å². The molecular formula is C49H29NO. The monoisotopic (exact) mass is 647 g/mol. The number of fused-ring (bicyclic) bond motifs is 9. The highest BCUT2D eigenvalue weighted by atomic mass is 16.3. The summed E-state index contributed by atoms with van der Waals surface area (Å²) in [6.45, 7) is 0. The van der Waals surface area contributed by atoms with Gasteiger partial charge >= 0.3 is 0 Å². The molecule has 0 saturated heterocycles. The molecule has 0 spiro atoms. The Balaban J connectivity index is 1.10. The molecule has 2 aromatic heterocycles.